The molecule has 0 fully saturated rings. The van der Waals surface area contributed by atoms with Crippen molar-refractivity contribution in [3.05, 3.63) is 59.2 Å². The number of rotatable bonds is 8. The number of amides is 1. The second-order valence-electron chi connectivity index (χ2n) is 8.20. The summed E-state index contributed by atoms with van der Waals surface area (Å²) < 4.78 is 30.4. The molecule has 2 atom stereocenters. The average molecular weight is 445 g/mol. The zero-order valence-electron chi connectivity index (χ0n) is 18.7. The lowest BCUT2D eigenvalue weighted by Crippen LogP contribution is -2.39. The molecule has 1 amide bonds. The van der Waals surface area contributed by atoms with Gasteiger partial charge in [-0.05, 0) is 80.0 Å². The van der Waals surface area contributed by atoms with Crippen molar-refractivity contribution in [3.63, 3.8) is 0 Å². The molecule has 0 aliphatic heterocycles. The second-order valence-corrected chi connectivity index (χ2v) is 10.2. The van der Waals surface area contributed by atoms with Gasteiger partial charge in [0, 0.05) is 7.05 Å². The van der Waals surface area contributed by atoms with Crippen molar-refractivity contribution in [1.29, 1.82) is 0 Å². The summed E-state index contributed by atoms with van der Waals surface area (Å²) in [6.45, 7) is 3.89. The number of nitrogens with zero attached hydrogens (tertiary/aromatic N) is 1. The van der Waals surface area contributed by atoms with E-state index in [1.807, 2.05) is 13.8 Å². The maximum Gasteiger partial charge on any atom is 0.261 e. The summed E-state index contributed by atoms with van der Waals surface area (Å²) >= 11 is 0. The van der Waals surface area contributed by atoms with Gasteiger partial charge in [0.1, 0.15) is 5.75 Å². The normalized spacial score (nSPS) is 15.5. The first-order valence-electron chi connectivity index (χ1n) is 10.8. The fraction of sp³-hybridized carbons (Fsp3) is 0.458. The summed E-state index contributed by atoms with van der Waals surface area (Å²) in [7, 11) is -1.83. The van der Waals surface area contributed by atoms with Crippen molar-refractivity contribution in [2.45, 2.75) is 58.1 Å². The average Bonchev–Trinajstić information content (AvgIpc) is 2.76. The van der Waals surface area contributed by atoms with Crippen molar-refractivity contribution < 1.29 is 17.9 Å². The fourth-order valence-electron chi connectivity index (χ4n) is 3.82. The predicted molar refractivity (Wildman–Crippen MR) is 124 cm³/mol. The Morgan fingerprint density at radius 1 is 1.10 bits per heavy atom. The number of anilines is 1. The number of nitrogens with one attached hydrogen (secondary N) is 1. The molecule has 0 saturated carbocycles. The van der Waals surface area contributed by atoms with E-state index in [4.69, 9.17) is 4.74 Å². The van der Waals surface area contributed by atoms with Gasteiger partial charge in [0.25, 0.3) is 5.91 Å². The summed E-state index contributed by atoms with van der Waals surface area (Å²) in [4.78, 5) is 12.8. The van der Waals surface area contributed by atoms with Gasteiger partial charge in [0.05, 0.1) is 18.0 Å². The van der Waals surface area contributed by atoms with Gasteiger partial charge in [-0.25, -0.2) is 8.42 Å². The highest BCUT2D eigenvalue weighted by Crippen LogP contribution is 2.25. The first-order chi connectivity index (χ1) is 14.7. The van der Waals surface area contributed by atoms with Crippen LogP contribution in [0.15, 0.2) is 42.5 Å². The van der Waals surface area contributed by atoms with Crippen molar-refractivity contribution >= 4 is 21.6 Å². The summed E-state index contributed by atoms with van der Waals surface area (Å²) in [6.07, 6.45) is 5.77. The van der Waals surface area contributed by atoms with Crippen LogP contribution in [0, 0.1) is 0 Å². The molecule has 1 aliphatic rings. The summed E-state index contributed by atoms with van der Waals surface area (Å²) in [5.41, 5.74) is 4.46. The Bertz CT molecular complexity index is 1020. The Hall–Kier alpha value is -2.54. The SMILES string of the molecule is CC[C@@H](Oc1ccc(N(C)S(C)(=O)=O)cc1)C(=O)N[C@H](C)c1ccc2c(c1)CCCC2. The van der Waals surface area contributed by atoms with Crippen LogP contribution in [0.3, 0.4) is 0 Å². The number of sulfonamides is 1. The summed E-state index contributed by atoms with van der Waals surface area (Å²) in [5.74, 6) is 0.360. The Balaban J connectivity index is 1.63. The van der Waals surface area contributed by atoms with E-state index in [1.165, 1.54) is 35.3 Å². The Kier molecular flexibility index (Phi) is 7.26. The van der Waals surface area contributed by atoms with Crippen LogP contribution in [0.25, 0.3) is 0 Å². The second kappa shape index (κ2) is 9.73. The fourth-order valence-corrected chi connectivity index (χ4v) is 4.33. The summed E-state index contributed by atoms with van der Waals surface area (Å²) in [5, 5.41) is 3.07. The van der Waals surface area contributed by atoms with E-state index in [0.717, 1.165) is 24.7 Å². The highest BCUT2D eigenvalue weighted by molar-refractivity contribution is 7.92. The van der Waals surface area contributed by atoms with E-state index in [9.17, 15) is 13.2 Å². The first kappa shape index (κ1) is 23.1. The third kappa shape index (κ3) is 5.79. The van der Waals surface area contributed by atoms with Crippen LogP contribution in [0.4, 0.5) is 5.69 Å². The molecule has 0 unspecified atom stereocenters. The lowest BCUT2D eigenvalue weighted by molar-refractivity contribution is -0.128. The largest absolute Gasteiger partial charge is 0.481 e. The maximum absolute atomic E-state index is 12.8. The minimum Gasteiger partial charge on any atom is -0.481 e. The topological polar surface area (TPSA) is 75.7 Å². The van der Waals surface area contributed by atoms with Crippen LogP contribution in [-0.4, -0.2) is 33.7 Å². The minimum absolute atomic E-state index is 0.108. The van der Waals surface area contributed by atoms with Gasteiger partial charge in [-0.3, -0.25) is 9.10 Å². The molecule has 0 heterocycles. The van der Waals surface area contributed by atoms with E-state index in [1.54, 1.807) is 24.3 Å². The van der Waals surface area contributed by atoms with Gasteiger partial charge in [-0.15, -0.1) is 0 Å². The van der Waals surface area contributed by atoms with E-state index >= 15 is 0 Å². The van der Waals surface area contributed by atoms with E-state index in [2.05, 4.69) is 23.5 Å². The number of hydrogen-bond donors (Lipinski definition) is 1. The molecule has 7 heteroatoms. The molecule has 1 N–H and O–H groups in total. The van der Waals surface area contributed by atoms with Gasteiger partial charge in [-0.1, -0.05) is 25.1 Å². The van der Waals surface area contributed by atoms with Gasteiger partial charge in [0.2, 0.25) is 10.0 Å². The van der Waals surface area contributed by atoms with Crippen LogP contribution in [-0.2, 0) is 27.7 Å². The number of aryl methyl sites for hydroxylation is 2. The van der Waals surface area contributed by atoms with Crippen LogP contribution < -0.4 is 14.4 Å². The molecular formula is C24H32N2O4S. The lowest BCUT2D eigenvalue weighted by atomic mass is 9.89. The van der Waals surface area contributed by atoms with E-state index in [0.29, 0.717) is 17.9 Å². The molecule has 0 spiro atoms. The van der Waals surface area contributed by atoms with Crippen molar-refractivity contribution in [2.75, 3.05) is 17.6 Å². The van der Waals surface area contributed by atoms with Gasteiger partial charge < -0.3 is 10.1 Å². The minimum atomic E-state index is -3.33. The van der Waals surface area contributed by atoms with Crippen molar-refractivity contribution in [1.82, 2.24) is 5.32 Å². The molecule has 0 aromatic heterocycles. The van der Waals surface area contributed by atoms with Crippen LogP contribution in [0.2, 0.25) is 0 Å². The van der Waals surface area contributed by atoms with Gasteiger partial charge in [0.15, 0.2) is 6.10 Å². The molecule has 0 saturated heterocycles. The highest BCUT2D eigenvalue weighted by atomic mass is 32.2. The third-order valence-electron chi connectivity index (χ3n) is 5.87. The number of carbonyl (C=O) groups is 1. The zero-order chi connectivity index (χ0) is 22.6. The molecule has 3 rings (SSSR count). The van der Waals surface area contributed by atoms with E-state index in [-0.39, 0.29) is 11.9 Å². The third-order valence-corrected chi connectivity index (χ3v) is 7.08. The number of benzene rings is 2. The van der Waals surface area contributed by atoms with Crippen LogP contribution in [0.1, 0.15) is 55.8 Å². The number of carbonyl (C=O) groups excluding carboxylic acids is 1. The summed E-state index contributed by atoms with van der Waals surface area (Å²) in [6, 6.07) is 13.1. The van der Waals surface area contributed by atoms with E-state index < -0.39 is 16.1 Å². The van der Waals surface area contributed by atoms with Crippen molar-refractivity contribution in [2.24, 2.45) is 0 Å². The Morgan fingerprint density at radius 3 is 2.35 bits per heavy atom. The molecule has 168 valence electrons. The zero-order valence-corrected chi connectivity index (χ0v) is 19.5. The first-order valence-corrected chi connectivity index (χ1v) is 12.7. The van der Waals surface area contributed by atoms with Crippen LogP contribution in [0.5, 0.6) is 5.75 Å². The monoisotopic (exact) mass is 444 g/mol. The smallest absolute Gasteiger partial charge is 0.261 e. The molecule has 0 radical (unpaired) electrons. The standard InChI is InChI=1S/C24H32N2O4S/c1-5-23(30-22-14-12-21(13-15-22)26(3)31(4,28)29)24(27)25-17(2)19-11-10-18-8-6-7-9-20(18)16-19/h10-17,23H,5-9H2,1-4H3,(H,25,27)/t17-,23-/m1/s1. The molecule has 6 nitrogen and oxygen atoms in total. The Labute approximate surface area is 185 Å². The molecular weight excluding hydrogens is 412 g/mol. The quantitative estimate of drug-likeness (QED) is 0.668. The van der Waals surface area contributed by atoms with Crippen molar-refractivity contribution in [3.8, 4) is 5.75 Å². The molecule has 1 aliphatic carbocycles. The molecule has 31 heavy (non-hydrogen) atoms. The number of ether oxygens (including phenoxy) is 1. The van der Waals surface area contributed by atoms with Gasteiger partial charge in [-0.2, -0.15) is 0 Å². The molecule has 0 bridgehead atoms. The molecule has 2 aromatic rings. The number of fused-ring (bicyclic) bond motifs is 1. The highest BCUT2D eigenvalue weighted by Gasteiger charge is 2.22. The Morgan fingerprint density at radius 2 is 1.74 bits per heavy atom. The molecule has 2 aromatic carbocycles. The predicted octanol–water partition coefficient (Wildman–Crippen LogP) is 4.00. The van der Waals surface area contributed by atoms with Gasteiger partial charge >= 0.3 is 0 Å². The van der Waals surface area contributed by atoms with Crippen LogP contribution >= 0.6 is 0 Å². The maximum atomic E-state index is 12.8. The number of hydrogen-bond acceptors (Lipinski definition) is 4. The lowest BCUT2D eigenvalue weighted by Gasteiger charge is -2.23.